The molecular weight excluding hydrogens is 368 g/mol. The van der Waals surface area contributed by atoms with Crippen molar-refractivity contribution in [2.75, 3.05) is 19.8 Å². The Morgan fingerprint density at radius 3 is 2.74 bits per heavy atom. The minimum absolute atomic E-state index is 0.227. The first-order valence-electron chi connectivity index (χ1n) is 8.85. The van der Waals surface area contributed by atoms with E-state index in [1.165, 1.54) is 4.90 Å². The highest BCUT2D eigenvalue weighted by Gasteiger charge is 2.54. The molecule has 1 atom stereocenters. The van der Waals surface area contributed by atoms with Gasteiger partial charge < -0.3 is 14.8 Å². The van der Waals surface area contributed by atoms with Gasteiger partial charge in [0.25, 0.3) is 5.91 Å². The van der Waals surface area contributed by atoms with E-state index in [2.05, 4.69) is 5.32 Å². The monoisotopic (exact) mass is 386 g/mol. The number of fused-ring (bicyclic) bond motifs is 2. The number of benzene rings is 2. The Balaban J connectivity index is 1.41. The van der Waals surface area contributed by atoms with Crippen LogP contribution in [0.3, 0.4) is 0 Å². The van der Waals surface area contributed by atoms with Gasteiger partial charge in [0.1, 0.15) is 11.5 Å². The molecule has 7 heteroatoms. The molecule has 2 aliphatic rings. The zero-order chi connectivity index (χ0) is 18.9. The van der Waals surface area contributed by atoms with Crippen LogP contribution in [0.4, 0.5) is 4.79 Å². The first-order chi connectivity index (χ1) is 13.1. The third-order valence-electron chi connectivity index (χ3n) is 4.87. The van der Waals surface area contributed by atoms with E-state index in [4.69, 9.17) is 21.1 Å². The number of imide groups is 1. The minimum atomic E-state index is -1.02. The van der Waals surface area contributed by atoms with E-state index >= 15 is 0 Å². The molecule has 3 amide bonds. The predicted octanol–water partition coefficient (Wildman–Crippen LogP) is 3.34. The molecule has 2 aliphatic heterocycles. The van der Waals surface area contributed by atoms with E-state index < -0.39 is 5.54 Å². The topological polar surface area (TPSA) is 67.9 Å². The molecule has 2 aromatic rings. The van der Waals surface area contributed by atoms with Gasteiger partial charge in [-0.05, 0) is 36.8 Å². The molecule has 27 heavy (non-hydrogen) atoms. The van der Waals surface area contributed by atoms with Crippen molar-refractivity contribution >= 4 is 23.5 Å². The van der Waals surface area contributed by atoms with Gasteiger partial charge in [-0.25, -0.2) is 4.79 Å². The number of para-hydroxylation sites is 1. The largest absolute Gasteiger partial charge is 0.494 e. The first kappa shape index (κ1) is 17.7. The normalized spacial score (nSPS) is 21.0. The molecule has 0 aliphatic carbocycles. The smallest absolute Gasteiger partial charge is 0.325 e. The van der Waals surface area contributed by atoms with Crippen molar-refractivity contribution in [3.63, 3.8) is 0 Å². The van der Waals surface area contributed by atoms with Gasteiger partial charge in [0, 0.05) is 23.6 Å². The van der Waals surface area contributed by atoms with E-state index in [9.17, 15) is 9.59 Å². The highest BCUT2D eigenvalue weighted by molar-refractivity contribution is 6.30. The van der Waals surface area contributed by atoms with Crippen LogP contribution in [-0.4, -0.2) is 36.6 Å². The van der Waals surface area contributed by atoms with Crippen molar-refractivity contribution < 1.29 is 19.1 Å². The summed E-state index contributed by atoms with van der Waals surface area (Å²) in [5.41, 5.74) is -0.308. The van der Waals surface area contributed by atoms with E-state index in [-0.39, 0.29) is 11.9 Å². The maximum Gasteiger partial charge on any atom is 0.325 e. The van der Waals surface area contributed by atoms with Gasteiger partial charge >= 0.3 is 6.03 Å². The zero-order valence-electron chi connectivity index (χ0n) is 14.6. The lowest BCUT2D eigenvalue weighted by molar-refractivity contribution is -0.132. The molecule has 1 saturated heterocycles. The van der Waals surface area contributed by atoms with Gasteiger partial charge in [-0.15, -0.1) is 0 Å². The standard InChI is InChI=1S/C20H19ClN2O4/c21-14-6-8-15(9-7-14)26-12-3-11-23-18(24)20(22-19(23)25)10-13-27-17-5-2-1-4-16(17)20/h1-2,4-9H,3,10-13H2,(H,22,25)/t20-/m1/s1. The molecule has 6 nitrogen and oxygen atoms in total. The van der Waals surface area contributed by atoms with Crippen molar-refractivity contribution in [3.8, 4) is 11.5 Å². The second kappa shape index (κ2) is 7.12. The zero-order valence-corrected chi connectivity index (χ0v) is 15.4. The SMILES string of the molecule is O=C1N[C@@]2(CCOc3ccccc32)C(=O)N1CCCOc1ccc(Cl)cc1. The summed E-state index contributed by atoms with van der Waals surface area (Å²) in [6.07, 6.45) is 0.961. The summed E-state index contributed by atoms with van der Waals surface area (Å²) in [6.45, 7) is 1.07. The molecule has 2 aromatic carbocycles. The van der Waals surface area contributed by atoms with Crippen LogP contribution in [0, 0.1) is 0 Å². The van der Waals surface area contributed by atoms with Crippen LogP contribution in [0.1, 0.15) is 18.4 Å². The van der Waals surface area contributed by atoms with Crippen LogP contribution >= 0.6 is 11.6 Å². The van der Waals surface area contributed by atoms with Gasteiger partial charge in [-0.1, -0.05) is 29.8 Å². The molecule has 0 aromatic heterocycles. The summed E-state index contributed by atoms with van der Waals surface area (Å²) in [6, 6.07) is 14.0. The molecule has 0 bridgehead atoms. The lowest BCUT2D eigenvalue weighted by Crippen LogP contribution is -2.47. The quantitative estimate of drug-likeness (QED) is 0.632. The average molecular weight is 387 g/mol. The van der Waals surface area contributed by atoms with Crippen LogP contribution in [0.2, 0.25) is 5.02 Å². The molecule has 0 radical (unpaired) electrons. The number of urea groups is 1. The van der Waals surface area contributed by atoms with Gasteiger partial charge in [-0.2, -0.15) is 0 Å². The van der Waals surface area contributed by atoms with Gasteiger partial charge in [0.05, 0.1) is 13.2 Å². The minimum Gasteiger partial charge on any atom is -0.494 e. The number of hydrogen-bond donors (Lipinski definition) is 1. The molecule has 1 N–H and O–H groups in total. The number of nitrogens with one attached hydrogen (secondary N) is 1. The van der Waals surface area contributed by atoms with Crippen molar-refractivity contribution in [1.82, 2.24) is 10.2 Å². The molecule has 1 fully saturated rings. The maximum atomic E-state index is 13.1. The van der Waals surface area contributed by atoms with Gasteiger partial charge in [0.15, 0.2) is 5.54 Å². The average Bonchev–Trinajstić information content (AvgIpc) is 2.91. The third kappa shape index (κ3) is 3.21. The summed E-state index contributed by atoms with van der Waals surface area (Å²) in [5, 5.41) is 3.53. The lowest BCUT2D eigenvalue weighted by Gasteiger charge is -2.33. The van der Waals surface area contributed by atoms with Gasteiger partial charge in [-0.3, -0.25) is 9.69 Å². The Morgan fingerprint density at radius 1 is 1.15 bits per heavy atom. The summed E-state index contributed by atoms with van der Waals surface area (Å²) in [4.78, 5) is 26.8. The van der Waals surface area contributed by atoms with E-state index in [1.54, 1.807) is 24.3 Å². The lowest BCUT2D eigenvalue weighted by atomic mass is 9.84. The number of halogens is 1. The number of ether oxygens (including phenoxy) is 2. The van der Waals surface area contributed by atoms with E-state index in [0.29, 0.717) is 49.1 Å². The second-order valence-electron chi connectivity index (χ2n) is 6.54. The second-order valence-corrected chi connectivity index (χ2v) is 6.98. The Hall–Kier alpha value is -2.73. The van der Waals surface area contributed by atoms with E-state index in [0.717, 1.165) is 5.56 Å². The Bertz CT molecular complexity index is 871. The molecule has 0 saturated carbocycles. The Kier molecular flexibility index (Phi) is 4.66. The fourth-order valence-electron chi connectivity index (χ4n) is 3.52. The van der Waals surface area contributed by atoms with Gasteiger partial charge in [0.2, 0.25) is 0 Å². The molecule has 4 rings (SSSR count). The number of carbonyl (C=O) groups excluding carboxylic acids is 2. The molecule has 2 heterocycles. The summed E-state index contributed by atoms with van der Waals surface area (Å²) < 4.78 is 11.3. The fourth-order valence-corrected chi connectivity index (χ4v) is 3.64. The van der Waals surface area contributed by atoms with Crippen LogP contribution in [0.5, 0.6) is 11.5 Å². The van der Waals surface area contributed by atoms with Crippen molar-refractivity contribution in [3.05, 3.63) is 59.1 Å². The number of nitrogens with zero attached hydrogens (tertiary/aromatic N) is 1. The fraction of sp³-hybridized carbons (Fsp3) is 0.300. The summed E-state index contributed by atoms with van der Waals surface area (Å²) in [7, 11) is 0. The highest BCUT2D eigenvalue weighted by atomic mass is 35.5. The first-order valence-corrected chi connectivity index (χ1v) is 9.23. The van der Waals surface area contributed by atoms with Crippen LogP contribution in [0.15, 0.2) is 48.5 Å². The number of hydrogen-bond acceptors (Lipinski definition) is 4. The predicted molar refractivity (Wildman–Crippen MR) is 100 cm³/mol. The molecule has 1 spiro atoms. The Morgan fingerprint density at radius 2 is 1.93 bits per heavy atom. The Labute approximate surface area is 162 Å². The van der Waals surface area contributed by atoms with Crippen molar-refractivity contribution in [1.29, 1.82) is 0 Å². The van der Waals surface area contributed by atoms with Crippen LogP contribution in [-0.2, 0) is 10.3 Å². The highest BCUT2D eigenvalue weighted by Crippen LogP contribution is 2.40. The van der Waals surface area contributed by atoms with Crippen molar-refractivity contribution in [2.24, 2.45) is 0 Å². The molecular formula is C20H19ClN2O4. The number of rotatable bonds is 5. The maximum absolute atomic E-state index is 13.1. The van der Waals surface area contributed by atoms with Crippen LogP contribution < -0.4 is 14.8 Å². The number of amides is 3. The summed E-state index contributed by atoms with van der Waals surface area (Å²) >= 11 is 5.84. The number of carbonyl (C=O) groups is 2. The molecule has 140 valence electrons. The van der Waals surface area contributed by atoms with E-state index in [1.807, 2.05) is 24.3 Å². The van der Waals surface area contributed by atoms with Crippen LogP contribution in [0.25, 0.3) is 0 Å². The molecule has 0 unspecified atom stereocenters. The third-order valence-corrected chi connectivity index (χ3v) is 5.12. The van der Waals surface area contributed by atoms with Crippen molar-refractivity contribution in [2.45, 2.75) is 18.4 Å². The summed E-state index contributed by atoms with van der Waals surface area (Å²) in [5.74, 6) is 1.12.